The standard InChI is InChI=1S/C68H108O37/c1-24-45(98-55-44(86)46(30(75)20-93-55)99-60-51(87)67(91,22-71)23-95-60)39(81)42(84)56(96-24)102-49-36(78)29(74)19-94-58(49)105-61(90)68-13-12-62(2,3)14-26(68)25-8-9-33-63(4)15-27(72)52(64(5,21-70)32(63)10-11-65(33,6)66(25,7)16-34(68)76)104-59-50(103-57-41(83)38(80)37(79)31(17-69)97-57)47(43(85)48(101-59)53(88)89)100-54-40(82)35(77)28(73)18-92-54/h8,24,26-52,54-60,69-87,91H,9-23H2,1-7H3,(H,88,89)/t24-,26-,27-,28+,29-,30+,31+,32+,33+,34+,35-,36-,37-,38-,39-,40+,41+,42+,43-,44+,45-,46-,47-,48-,49+,50+,51-,52-,54-,55-,56-,57-,58-,59-,60-,63-,64-,65+,66+,67+,68+/m0/s1. The largest absolute Gasteiger partial charge is 0.479 e. The van der Waals surface area contributed by atoms with Crippen LogP contribution in [0.5, 0.6) is 0 Å². The Morgan fingerprint density at radius 2 is 1.10 bits per heavy atom. The molecule has 0 spiro atoms. The quantitative estimate of drug-likeness (QED) is 0.0344. The van der Waals surface area contributed by atoms with Gasteiger partial charge in [-0.15, -0.1) is 0 Å². The Morgan fingerprint density at radius 1 is 0.514 bits per heavy atom. The SMILES string of the molecule is C[C@@H]1O[C@@H](O[C@H]2[C@H](OC(=O)[C@]34CCC(C)(C)C[C@H]3C3=CC[C@@H]5[C@@]6(C)C[C@H](O)[C@H](O[C@@H]7O[C@H](C(=O)O)[C@@H](O)[C@H](O[C@@H]8OC[C@@H](O)[C@H](O)[C@H]8O)[C@H]7O[C@@H]7O[C@H](CO)[C@H](O)[C@H](O)[C@H]7O)[C@@](C)(CO)[C@@H]6CC[C@@]5(C)[C@]3(C)C[C@H]4O)OC[C@H](O)[C@@H]2O)[C@H](O)[C@H](O)[C@H]1O[C@@H]1OC[C@@H](O)[C@H](O[C@@H]2OC[C@](O)(CO)[C@H]2O)[C@H]1O. The van der Waals surface area contributed by atoms with Crippen molar-refractivity contribution < 1.29 is 183 Å². The third-order valence-electron chi connectivity index (χ3n) is 26.4. The van der Waals surface area contributed by atoms with Crippen molar-refractivity contribution in [2.45, 2.75) is 302 Å². The first-order valence-corrected chi connectivity index (χ1v) is 36.1. The van der Waals surface area contributed by atoms with Gasteiger partial charge < -0.3 is 174 Å². The number of aliphatic hydroxyl groups excluding tert-OH is 19. The Balaban J connectivity index is 0.779. The summed E-state index contributed by atoms with van der Waals surface area (Å²) in [6, 6.07) is 0. The van der Waals surface area contributed by atoms with Crippen molar-refractivity contribution >= 4 is 11.9 Å². The van der Waals surface area contributed by atoms with Crippen molar-refractivity contribution in [2.24, 2.45) is 50.2 Å². The van der Waals surface area contributed by atoms with E-state index in [0.717, 1.165) is 5.57 Å². The van der Waals surface area contributed by atoms with Gasteiger partial charge >= 0.3 is 11.9 Å². The number of carbonyl (C=O) groups is 2. The topological polar surface area (TPSA) is 588 Å². The molecule has 12 rings (SSSR count). The van der Waals surface area contributed by atoms with Gasteiger partial charge in [0.25, 0.3) is 0 Å². The lowest BCUT2D eigenvalue weighted by atomic mass is 9.33. The molecule has 21 N–H and O–H groups in total. The third kappa shape index (κ3) is 13.9. The van der Waals surface area contributed by atoms with Gasteiger partial charge in [0, 0.05) is 5.41 Å². The molecule has 0 unspecified atom stereocenters. The van der Waals surface area contributed by atoms with Crippen molar-refractivity contribution in [3.63, 3.8) is 0 Å². The summed E-state index contributed by atoms with van der Waals surface area (Å²) in [5, 5.41) is 234. The molecule has 0 aromatic carbocycles. The van der Waals surface area contributed by atoms with Gasteiger partial charge in [-0.05, 0) is 97.7 Å². The Bertz CT molecular complexity index is 3060. The maximum atomic E-state index is 15.7. The highest BCUT2D eigenvalue weighted by Crippen LogP contribution is 2.76. The van der Waals surface area contributed by atoms with Gasteiger partial charge in [-0.25, -0.2) is 4.79 Å². The van der Waals surface area contributed by atoms with Crippen LogP contribution in [0, 0.1) is 50.2 Å². The molecule has 4 saturated carbocycles. The molecule has 7 aliphatic heterocycles. The first kappa shape index (κ1) is 81.8. The molecule has 11 fully saturated rings. The average molecular weight is 1520 g/mol. The highest BCUT2D eigenvalue weighted by Gasteiger charge is 2.74. The van der Waals surface area contributed by atoms with Crippen LogP contribution in [0.2, 0.25) is 0 Å². The fraction of sp³-hybridized carbons (Fsp3) is 0.941. The molecule has 37 nitrogen and oxygen atoms in total. The van der Waals surface area contributed by atoms with E-state index < -0.39 is 305 Å². The van der Waals surface area contributed by atoms with Crippen molar-refractivity contribution in [3.05, 3.63) is 11.6 Å². The summed E-state index contributed by atoms with van der Waals surface area (Å²) in [6.07, 6.45) is -54.1. The zero-order valence-electron chi connectivity index (χ0n) is 59.3. The molecular weight excluding hydrogens is 1410 g/mol. The van der Waals surface area contributed by atoms with Crippen LogP contribution in [0.25, 0.3) is 0 Å². The predicted octanol–water partition coefficient (Wildman–Crippen LogP) is -7.97. The van der Waals surface area contributed by atoms with Crippen LogP contribution >= 0.6 is 0 Å². The Morgan fingerprint density at radius 3 is 1.75 bits per heavy atom. The molecule has 41 atom stereocenters. The number of aliphatic hydroxyl groups is 20. The molecule has 0 aromatic heterocycles. The van der Waals surface area contributed by atoms with Crippen molar-refractivity contribution in [3.8, 4) is 0 Å². The number of rotatable bonds is 18. The highest BCUT2D eigenvalue weighted by molar-refractivity contribution is 5.80. The minimum atomic E-state index is -2.27. The van der Waals surface area contributed by atoms with Crippen LogP contribution in [0.1, 0.15) is 99.8 Å². The first-order chi connectivity index (χ1) is 49.2. The van der Waals surface area contributed by atoms with Crippen LogP contribution in [-0.4, -0.2) is 368 Å². The molecule has 105 heavy (non-hydrogen) atoms. The summed E-state index contributed by atoms with van der Waals surface area (Å²) in [6.45, 7) is 8.59. The van der Waals surface area contributed by atoms with E-state index in [1.807, 2.05) is 6.92 Å². The maximum absolute atomic E-state index is 15.7. The molecule has 0 amide bonds. The molecule has 0 aromatic rings. The number of carbonyl (C=O) groups excluding carboxylic acids is 1. The van der Waals surface area contributed by atoms with Crippen LogP contribution in [-0.2, 0) is 75.9 Å². The summed E-state index contributed by atoms with van der Waals surface area (Å²) in [7, 11) is 0. The van der Waals surface area contributed by atoms with E-state index in [-0.39, 0.29) is 25.2 Å². The molecule has 0 radical (unpaired) electrons. The van der Waals surface area contributed by atoms with Crippen molar-refractivity contribution in [2.75, 3.05) is 46.2 Å². The zero-order valence-corrected chi connectivity index (χ0v) is 59.3. The number of ether oxygens (including phenoxy) is 14. The first-order valence-electron chi connectivity index (χ1n) is 36.1. The van der Waals surface area contributed by atoms with Crippen molar-refractivity contribution in [1.82, 2.24) is 0 Å². The van der Waals surface area contributed by atoms with Crippen LogP contribution < -0.4 is 0 Å². The maximum Gasteiger partial charge on any atom is 0.335 e. The van der Waals surface area contributed by atoms with E-state index >= 15 is 4.79 Å². The van der Waals surface area contributed by atoms with Crippen molar-refractivity contribution in [1.29, 1.82) is 0 Å². The lowest BCUT2D eigenvalue weighted by Gasteiger charge is -2.72. The van der Waals surface area contributed by atoms with E-state index in [0.29, 0.717) is 32.1 Å². The van der Waals surface area contributed by atoms with Gasteiger partial charge in [-0.3, -0.25) is 4.79 Å². The molecule has 5 aliphatic carbocycles. The minimum Gasteiger partial charge on any atom is -0.479 e. The summed E-state index contributed by atoms with van der Waals surface area (Å²) >= 11 is 0. The van der Waals surface area contributed by atoms with E-state index in [2.05, 4.69) is 33.8 Å². The fourth-order valence-corrected chi connectivity index (χ4v) is 20.0. The Labute approximate surface area is 603 Å². The zero-order chi connectivity index (χ0) is 76.7. The van der Waals surface area contributed by atoms with Crippen LogP contribution in [0.4, 0.5) is 0 Å². The summed E-state index contributed by atoms with van der Waals surface area (Å²) < 4.78 is 82.8. The molecule has 7 heterocycles. The molecule has 602 valence electrons. The second-order valence-corrected chi connectivity index (χ2v) is 33.2. The van der Waals surface area contributed by atoms with Crippen LogP contribution in [0.15, 0.2) is 11.6 Å². The summed E-state index contributed by atoms with van der Waals surface area (Å²) in [4.78, 5) is 28.7. The molecular formula is C68H108O37. The second-order valence-electron chi connectivity index (χ2n) is 33.2. The number of hydrogen-bond donors (Lipinski definition) is 21. The van der Waals surface area contributed by atoms with Crippen LogP contribution in [0.3, 0.4) is 0 Å². The van der Waals surface area contributed by atoms with Gasteiger partial charge in [0.2, 0.25) is 6.29 Å². The van der Waals surface area contributed by atoms with Gasteiger partial charge in [-0.2, -0.15) is 0 Å². The lowest BCUT2D eigenvalue weighted by molar-refractivity contribution is -0.396. The Hall–Kier alpha value is -2.64. The fourth-order valence-electron chi connectivity index (χ4n) is 20.0. The molecule has 37 heteroatoms. The molecule has 12 aliphatic rings. The smallest absolute Gasteiger partial charge is 0.335 e. The number of esters is 1. The number of carboxylic acid groups (broad SMARTS) is 1. The number of allylic oxidation sites excluding steroid dienone is 2. The normalized spacial score (nSPS) is 55.0. The van der Waals surface area contributed by atoms with E-state index in [1.165, 1.54) is 6.92 Å². The van der Waals surface area contributed by atoms with Gasteiger partial charge in [0.15, 0.2) is 49.9 Å². The summed E-state index contributed by atoms with van der Waals surface area (Å²) in [5.74, 6) is -4.31. The minimum absolute atomic E-state index is 0.000546. The third-order valence-corrected chi connectivity index (χ3v) is 26.4. The van der Waals surface area contributed by atoms with E-state index in [9.17, 15) is 112 Å². The second kappa shape index (κ2) is 30.4. The van der Waals surface area contributed by atoms with E-state index in [4.69, 9.17) is 66.3 Å². The average Bonchev–Trinajstić information content (AvgIpc) is 0.854. The number of aliphatic carboxylic acids is 1. The highest BCUT2D eigenvalue weighted by atomic mass is 16.8. The number of fused-ring (bicyclic) bond motifs is 7. The molecule has 7 saturated heterocycles. The van der Waals surface area contributed by atoms with Gasteiger partial charge in [0.05, 0.1) is 70.7 Å². The molecule has 0 bridgehead atoms. The lowest BCUT2D eigenvalue weighted by Crippen LogP contribution is -2.71. The van der Waals surface area contributed by atoms with Gasteiger partial charge in [0.1, 0.15) is 127 Å². The summed E-state index contributed by atoms with van der Waals surface area (Å²) in [5.41, 5.74) is -7.37. The van der Waals surface area contributed by atoms with Gasteiger partial charge in [-0.1, -0.05) is 53.2 Å². The number of carboxylic acids is 1. The monoisotopic (exact) mass is 1520 g/mol. The predicted molar refractivity (Wildman–Crippen MR) is 340 cm³/mol. The Kier molecular flexibility index (Phi) is 23.7. The van der Waals surface area contributed by atoms with E-state index in [1.54, 1.807) is 6.92 Å². The number of hydrogen-bond acceptors (Lipinski definition) is 36.